The lowest BCUT2D eigenvalue weighted by atomic mass is 9.76. The fourth-order valence-corrected chi connectivity index (χ4v) is 2.24. The van der Waals surface area contributed by atoms with Crippen LogP contribution in [-0.2, 0) is 0 Å². The lowest BCUT2D eigenvalue weighted by Crippen LogP contribution is -2.41. The molecule has 18 heavy (non-hydrogen) atoms. The average Bonchev–Trinajstić information content (AvgIpc) is 2.19. The summed E-state index contributed by atoms with van der Waals surface area (Å²) in [5.41, 5.74) is 0.934. The molecule has 1 aliphatic rings. The molecule has 0 aliphatic heterocycles. The Kier molecular flexibility index (Phi) is 3.90. The van der Waals surface area contributed by atoms with Crippen molar-refractivity contribution in [2.75, 3.05) is 6.54 Å². The van der Waals surface area contributed by atoms with Crippen LogP contribution in [0.25, 0.3) is 0 Å². The Bertz CT molecular complexity index is 396. The molecule has 0 bridgehead atoms. The molecule has 1 aliphatic carbocycles. The molecule has 0 spiro atoms. The van der Waals surface area contributed by atoms with Gasteiger partial charge in [0.1, 0.15) is 5.82 Å². The van der Waals surface area contributed by atoms with Gasteiger partial charge >= 0.3 is 6.18 Å². The van der Waals surface area contributed by atoms with Crippen molar-refractivity contribution in [3.63, 3.8) is 0 Å². The highest BCUT2D eigenvalue weighted by molar-refractivity contribution is 5.23. The molecule has 1 aromatic rings. The zero-order valence-corrected chi connectivity index (χ0v) is 9.80. The van der Waals surface area contributed by atoms with Gasteiger partial charge in [-0.3, -0.25) is 0 Å². The molecule has 1 N–H and O–H groups in total. The smallest absolute Gasteiger partial charge is 0.314 e. The Labute approximate surface area is 103 Å². The van der Waals surface area contributed by atoms with Crippen LogP contribution in [0.4, 0.5) is 17.6 Å². The fourth-order valence-electron chi connectivity index (χ4n) is 2.24. The lowest BCUT2D eigenvalue weighted by molar-refractivity contribution is -0.133. The Morgan fingerprint density at radius 1 is 1.22 bits per heavy atom. The molecule has 0 unspecified atom stereocenters. The quantitative estimate of drug-likeness (QED) is 0.816. The van der Waals surface area contributed by atoms with E-state index in [1.807, 2.05) is 6.07 Å². The number of alkyl halides is 3. The number of benzene rings is 1. The average molecular weight is 261 g/mol. The molecule has 0 amide bonds. The lowest BCUT2D eigenvalue weighted by Gasteiger charge is -2.36. The van der Waals surface area contributed by atoms with E-state index in [-0.39, 0.29) is 24.3 Å². The summed E-state index contributed by atoms with van der Waals surface area (Å²) in [5, 5.41) is 2.88. The van der Waals surface area contributed by atoms with Crippen LogP contribution in [-0.4, -0.2) is 18.8 Å². The molecule has 0 radical (unpaired) electrons. The third-order valence-corrected chi connectivity index (χ3v) is 3.30. The summed E-state index contributed by atoms with van der Waals surface area (Å²) in [4.78, 5) is 0. The topological polar surface area (TPSA) is 12.0 Å². The molecule has 0 aromatic heterocycles. The third-order valence-electron chi connectivity index (χ3n) is 3.30. The van der Waals surface area contributed by atoms with Crippen molar-refractivity contribution in [1.29, 1.82) is 0 Å². The van der Waals surface area contributed by atoms with Crippen LogP contribution < -0.4 is 5.32 Å². The molecule has 1 aromatic carbocycles. The van der Waals surface area contributed by atoms with Gasteiger partial charge in [0.25, 0.3) is 0 Å². The zero-order valence-electron chi connectivity index (χ0n) is 9.80. The second-order valence-corrected chi connectivity index (χ2v) is 4.74. The van der Waals surface area contributed by atoms with Crippen molar-refractivity contribution in [3.8, 4) is 0 Å². The van der Waals surface area contributed by atoms with Gasteiger partial charge in [-0.05, 0) is 36.5 Å². The maximum Gasteiger partial charge on any atom is 0.390 e. The summed E-state index contributed by atoms with van der Waals surface area (Å²) in [7, 11) is 0. The number of halogens is 4. The molecule has 100 valence electrons. The van der Waals surface area contributed by atoms with Gasteiger partial charge in [-0.25, -0.2) is 4.39 Å². The van der Waals surface area contributed by atoms with E-state index in [2.05, 4.69) is 5.32 Å². The monoisotopic (exact) mass is 261 g/mol. The second kappa shape index (κ2) is 5.26. The van der Waals surface area contributed by atoms with E-state index in [1.165, 1.54) is 12.1 Å². The summed E-state index contributed by atoms with van der Waals surface area (Å²) < 4.78 is 48.8. The van der Waals surface area contributed by atoms with E-state index >= 15 is 0 Å². The standard InChI is InChI=1S/C13H15F4N/c14-11-3-1-2-9(6-11)10-7-12(8-10)18-5-4-13(15,16)17/h1-3,6,10,12,18H,4-5,7-8H2. The summed E-state index contributed by atoms with van der Waals surface area (Å²) in [5.74, 6) is 0.00469. The van der Waals surface area contributed by atoms with Gasteiger partial charge in [-0.1, -0.05) is 12.1 Å². The zero-order chi connectivity index (χ0) is 13.2. The molecule has 0 heterocycles. The number of rotatable bonds is 4. The van der Waals surface area contributed by atoms with Crippen LogP contribution in [0, 0.1) is 5.82 Å². The first-order chi connectivity index (χ1) is 8.44. The first kappa shape index (κ1) is 13.3. The number of hydrogen-bond donors (Lipinski definition) is 1. The Morgan fingerprint density at radius 2 is 1.94 bits per heavy atom. The van der Waals surface area contributed by atoms with Crippen LogP contribution in [0.1, 0.15) is 30.7 Å². The summed E-state index contributed by atoms with van der Waals surface area (Å²) in [6, 6.07) is 6.53. The van der Waals surface area contributed by atoms with Crippen LogP contribution in [0.15, 0.2) is 24.3 Å². The van der Waals surface area contributed by atoms with E-state index in [0.29, 0.717) is 0 Å². The SMILES string of the molecule is Fc1cccc(C2CC(NCCC(F)(F)F)C2)c1. The number of nitrogens with one attached hydrogen (secondary N) is 1. The minimum absolute atomic E-state index is 0.0377. The maximum atomic E-state index is 13.0. The molecular weight excluding hydrogens is 246 g/mol. The highest BCUT2D eigenvalue weighted by atomic mass is 19.4. The minimum atomic E-state index is -4.10. The Morgan fingerprint density at radius 3 is 2.56 bits per heavy atom. The molecular formula is C13H15F4N. The van der Waals surface area contributed by atoms with E-state index in [9.17, 15) is 17.6 Å². The molecule has 0 saturated heterocycles. The first-order valence-electron chi connectivity index (χ1n) is 5.99. The Hall–Kier alpha value is -1.10. The minimum Gasteiger partial charge on any atom is -0.314 e. The normalized spacial score (nSPS) is 23.8. The van der Waals surface area contributed by atoms with E-state index in [1.54, 1.807) is 6.07 Å². The third kappa shape index (κ3) is 3.70. The van der Waals surface area contributed by atoms with Crippen molar-refractivity contribution < 1.29 is 17.6 Å². The maximum absolute atomic E-state index is 13.0. The molecule has 0 atom stereocenters. The molecule has 1 saturated carbocycles. The largest absolute Gasteiger partial charge is 0.390 e. The van der Waals surface area contributed by atoms with Crippen molar-refractivity contribution in [2.45, 2.75) is 37.4 Å². The molecule has 2 rings (SSSR count). The summed E-state index contributed by atoms with van der Waals surface area (Å²) >= 11 is 0. The first-order valence-corrected chi connectivity index (χ1v) is 5.99. The second-order valence-electron chi connectivity index (χ2n) is 4.74. The van der Waals surface area contributed by atoms with Crippen LogP contribution in [0.5, 0.6) is 0 Å². The summed E-state index contributed by atoms with van der Waals surface area (Å²) in [6.45, 7) is -0.0377. The molecule has 5 heteroatoms. The van der Waals surface area contributed by atoms with E-state index < -0.39 is 12.6 Å². The van der Waals surface area contributed by atoms with Crippen LogP contribution >= 0.6 is 0 Å². The van der Waals surface area contributed by atoms with Gasteiger partial charge in [0, 0.05) is 12.6 Å². The van der Waals surface area contributed by atoms with Crippen LogP contribution in [0.3, 0.4) is 0 Å². The highest BCUT2D eigenvalue weighted by Gasteiger charge is 2.32. The van der Waals surface area contributed by atoms with E-state index in [0.717, 1.165) is 18.4 Å². The van der Waals surface area contributed by atoms with Crippen molar-refractivity contribution >= 4 is 0 Å². The van der Waals surface area contributed by atoms with Gasteiger partial charge in [-0.2, -0.15) is 13.2 Å². The summed E-state index contributed by atoms with van der Waals surface area (Å²) in [6.07, 6.45) is -3.34. The molecule has 1 fully saturated rings. The van der Waals surface area contributed by atoms with Crippen molar-refractivity contribution in [3.05, 3.63) is 35.6 Å². The predicted octanol–water partition coefficient (Wildman–Crippen LogP) is 3.61. The molecule has 1 nitrogen and oxygen atoms in total. The fraction of sp³-hybridized carbons (Fsp3) is 0.538. The van der Waals surface area contributed by atoms with Gasteiger partial charge < -0.3 is 5.32 Å². The Balaban J connectivity index is 1.71. The van der Waals surface area contributed by atoms with Gasteiger partial charge in [0.2, 0.25) is 0 Å². The van der Waals surface area contributed by atoms with Gasteiger partial charge in [0.05, 0.1) is 6.42 Å². The number of hydrogen-bond acceptors (Lipinski definition) is 1. The van der Waals surface area contributed by atoms with Crippen molar-refractivity contribution in [2.24, 2.45) is 0 Å². The van der Waals surface area contributed by atoms with Gasteiger partial charge in [0.15, 0.2) is 0 Å². The predicted molar refractivity (Wildman–Crippen MR) is 60.8 cm³/mol. The van der Waals surface area contributed by atoms with Gasteiger partial charge in [-0.15, -0.1) is 0 Å². The highest BCUT2D eigenvalue weighted by Crippen LogP contribution is 2.37. The van der Waals surface area contributed by atoms with Crippen LogP contribution in [0.2, 0.25) is 0 Å². The van der Waals surface area contributed by atoms with Crippen molar-refractivity contribution in [1.82, 2.24) is 5.32 Å². The van der Waals surface area contributed by atoms with E-state index in [4.69, 9.17) is 0 Å².